The van der Waals surface area contributed by atoms with Gasteiger partial charge >= 0.3 is 0 Å². The number of rotatable bonds is 8. The molecule has 0 aliphatic carbocycles. The number of ether oxygens (including phenoxy) is 1. The second kappa shape index (κ2) is 8.63. The molecule has 0 aliphatic rings. The topological polar surface area (TPSA) is 70.2 Å². The molecular weight excluding hydrogens is 405 g/mol. The predicted molar refractivity (Wildman–Crippen MR) is 126 cm³/mol. The molecule has 4 rings (SSSR count). The average Bonchev–Trinajstić information content (AvgIpc) is 3.21. The van der Waals surface area contributed by atoms with Gasteiger partial charge < -0.3 is 20.1 Å². The maximum Gasteiger partial charge on any atom is 0.123 e. The normalized spacial score (nSPS) is 13.7. The number of fused-ring (bicyclic) bond motifs is 1. The molecule has 6 heteroatoms. The summed E-state index contributed by atoms with van der Waals surface area (Å²) in [6, 6.07) is 18.0. The van der Waals surface area contributed by atoms with Crippen molar-refractivity contribution in [2.24, 2.45) is 0 Å². The fourth-order valence-corrected chi connectivity index (χ4v) is 4.36. The molecule has 0 amide bonds. The summed E-state index contributed by atoms with van der Waals surface area (Å²) in [6.07, 6.45) is 3.86. The van der Waals surface area contributed by atoms with Crippen LogP contribution in [-0.2, 0) is 11.0 Å². The van der Waals surface area contributed by atoms with Crippen LogP contribution < -0.4 is 10.1 Å². The van der Waals surface area contributed by atoms with Gasteiger partial charge in [0.05, 0.1) is 18.8 Å². The number of nitrogens with zero attached hydrogens (tertiary/aromatic N) is 1. The minimum absolute atomic E-state index is 0.262. The van der Waals surface area contributed by atoms with Crippen LogP contribution in [0.25, 0.3) is 10.9 Å². The maximum atomic E-state index is 14.1. The van der Waals surface area contributed by atoms with E-state index in [0.717, 1.165) is 22.3 Å². The Morgan fingerprint density at radius 3 is 2.59 bits per heavy atom. The molecule has 4 aromatic rings. The summed E-state index contributed by atoms with van der Waals surface area (Å²) in [5.41, 5.74) is 0.615. The van der Waals surface area contributed by atoms with Crippen LogP contribution in [0.3, 0.4) is 0 Å². The van der Waals surface area contributed by atoms with Crippen molar-refractivity contribution < 1.29 is 14.2 Å². The molecule has 1 atom stereocenters. The van der Waals surface area contributed by atoms with Gasteiger partial charge in [0.25, 0.3) is 0 Å². The summed E-state index contributed by atoms with van der Waals surface area (Å²) in [5, 5.41) is 16.3. The van der Waals surface area contributed by atoms with E-state index in [1.54, 1.807) is 25.6 Å². The number of benzene rings is 2. The van der Waals surface area contributed by atoms with Crippen LogP contribution in [0.2, 0.25) is 0 Å². The number of aliphatic hydroxyl groups is 1. The number of methoxy groups -OCH3 is 1. The molecule has 3 N–H and O–H groups in total. The Bertz CT molecular complexity index is 1170. The van der Waals surface area contributed by atoms with E-state index >= 15 is 0 Å². The average molecular weight is 434 g/mol. The molecule has 5 nitrogen and oxygen atoms in total. The van der Waals surface area contributed by atoms with E-state index in [1.165, 1.54) is 12.1 Å². The number of hydrogen-bond donors (Lipinski definition) is 3. The lowest BCUT2D eigenvalue weighted by molar-refractivity contribution is 0.0209. The Kier molecular flexibility index (Phi) is 5.89. The summed E-state index contributed by atoms with van der Waals surface area (Å²) >= 11 is 0. The van der Waals surface area contributed by atoms with Crippen LogP contribution in [0.5, 0.6) is 5.75 Å². The van der Waals surface area contributed by atoms with Gasteiger partial charge in [0.15, 0.2) is 0 Å². The van der Waals surface area contributed by atoms with Gasteiger partial charge in [0.1, 0.15) is 23.0 Å². The monoisotopic (exact) mass is 433 g/mol. The van der Waals surface area contributed by atoms with E-state index in [-0.39, 0.29) is 12.4 Å². The van der Waals surface area contributed by atoms with Crippen molar-refractivity contribution in [1.29, 1.82) is 0 Å². The molecular formula is C26H28FN3O2. The molecule has 2 heterocycles. The van der Waals surface area contributed by atoms with E-state index in [4.69, 9.17) is 4.74 Å². The lowest BCUT2D eigenvalue weighted by Gasteiger charge is -2.38. The summed E-state index contributed by atoms with van der Waals surface area (Å²) in [4.78, 5) is 7.42. The first-order chi connectivity index (χ1) is 15.3. The van der Waals surface area contributed by atoms with Gasteiger partial charge in [-0.05, 0) is 47.7 Å². The number of halogens is 1. The van der Waals surface area contributed by atoms with Crippen molar-refractivity contribution in [3.63, 3.8) is 0 Å². The molecule has 0 bridgehead atoms. The SMILES string of the molecule is COc1ccc(F)cc1C(C)(C)CC(O)(CNc1cc2ccncc2[nH]1)c1ccccc1. The fraction of sp³-hybridized carbons (Fsp3) is 0.269. The van der Waals surface area contributed by atoms with Gasteiger partial charge in [-0.3, -0.25) is 4.98 Å². The van der Waals surface area contributed by atoms with Crippen molar-refractivity contribution in [3.05, 3.63) is 90.0 Å². The predicted octanol–water partition coefficient (Wildman–Crippen LogP) is 5.38. The Labute approximate surface area is 187 Å². The molecule has 32 heavy (non-hydrogen) atoms. The van der Waals surface area contributed by atoms with Crippen molar-refractivity contribution in [1.82, 2.24) is 9.97 Å². The molecule has 0 aliphatic heterocycles. The number of anilines is 1. The quantitative estimate of drug-likeness (QED) is 0.349. The van der Waals surface area contributed by atoms with Gasteiger partial charge in [-0.2, -0.15) is 0 Å². The Hall–Kier alpha value is -3.38. The summed E-state index contributed by atoms with van der Waals surface area (Å²) in [6.45, 7) is 4.25. The zero-order valence-electron chi connectivity index (χ0n) is 18.5. The number of hydrogen-bond acceptors (Lipinski definition) is 4. The third-order valence-electron chi connectivity index (χ3n) is 5.93. The van der Waals surface area contributed by atoms with Crippen LogP contribution in [0.1, 0.15) is 31.4 Å². The van der Waals surface area contributed by atoms with E-state index in [0.29, 0.717) is 17.7 Å². The van der Waals surface area contributed by atoms with E-state index in [2.05, 4.69) is 15.3 Å². The maximum absolute atomic E-state index is 14.1. The second-order valence-electron chi connectivity index (χ2n) is 8.80. The van der Waals surface area contributed by atoms with Crippen LogP contribution >= 0.6 is 0 Å². The first-order valence-electron chi connectivity index (χ1n) is 10.6. The lowest BCUT2D eigenvalue weighted by Crippen LogP contribution is -2.40. The molecule has 0 fully saturated rings. The molecule has 0 spiro atoms. The van der Waals surface area contributed by atoms with Crippen LogP contribution in [0.4, 0.5) is 10.2 Å². The molecule has 166 valence electrons. The highest BCUT2D eigenvalue weighted by Gasteiger charge is 2.38. The number of pyridine rings is 1. The third kappa shape index (κ3) is 4.46. The molecule has 0 saturated carbocycles. The first kappa shape index (κ1) is 21.8. The van der Waals surface area contributed by atoms with Gasteiger partial charge in [-0.1, -0.05) is 44.2 Å². The van der Waals surface area contributed by atoms with Crippen LogP contribution in [0.15, 0.2) is 73.1 Å². The van der Waals surface area contributed by atoms with Crippen LogP contribution in [-0.4, -0.2) is 28.7 Å². The van der Waals surface area contributed by atoms with E-state index in [1.807, 2.05) is 56.3 Å². The van der Waals surface area contributed by atoms with E-state index < -0.39 is 11.0 Å². The van der Waals surface area contributed by atoms with Crippen molar-refractivity contribution in [2.75, 3.05) is 19.0 Å². The number of H-pyrrole nitrogens is 1. The molecule has 0 saturated heterocycles. The zero-order chi connectivity index (χ0) is 22.8. The summed E-state index contributed by atoms with van der Waals surface area (Å²) < 4.78 is 19.6. The van der Waals surface area contributed by atoms with Gasteiger partial charge in [0, 0.05) is 23.7 Å². The highest BCUT2D eigenvalue weighted by Crippen LogP contribution is 2.41. The lowest BCUT2D eigenvalue weighted by atomic mass is 9.72. The summed E-state index contributed by atoms with van der Waals surface area (Å²) in [7, 11) is 1.57. The molecule has 0 radical (unpaired) electrons. The Morgan fingerprint density at radius 2 is 1.88 bits per heavy atom. The first-order valence-corrected chi connectivity index (χ1v) is 10.6. The minimum Gasteiger partial charge on any atom is -0.496 e. The number of nitrogens with one attached hydrogen (secondary N) is 2. The van der Waals surface area contributed by atoms with Gasteiger partial charge in [0.2, 0.25) is 0 Å². The van der Waals surface area contributed by atoms with Crippen molar-refractivity contribution in [2.45, 2.75) is 31.3 Å². The highest BCUT2D eigenvalue weighted by atomic mass is 19.1. The highest BCUT2D eigenvalue weighted by molar-refractivity contribution is 5.82. The minimum atomic E-state index is -1.22. The molecule has 2 aromatic heterocycles. The van der Waals surface area contributed by atoms with Gasteiger partial charge in [-0.25, -0.2) is 4.39 Å². The third-order valence-corrected chi connectivity index (χ3v) is 5.93. The van der Waals surface area contributed by atoms with Crippen LogP contribution in [0, 0.1) is 5.82 Å². The van der Waals surface area contributed by atoms with Crippen molar-refractivity contribution in [3.8, 4) is 5.75 Å². The largest absolute Gasteiger partial charge is 0.496 e. The second-order valence-corrected chi connectivity index (χ2v) is 8.80. The number of aromatic nitrogens is 2. The Balaban J connectivity index is 1.66. The Morgan fingerprint density at radius 1 is 1.09 bits per heavy atom. The smallest absolute Gasteiger partial charge is 0.123 e. The zero-order valence-corrected chi connectivity index (χ0v) is 18.5. The van der Waals surface area contributed by atoms with E-state index in [9.17, 15) is 9.50 Å². The molecule has 1 unspecified atom stereocenters. The van der Waals surface area contributed by atoms with Gasteiger partial charge in [-0.15, -0.1) is 0 Å². The standard InChI is InChI=1S/C26H28FN3O2/c1-25(2,21-14-20(27)9-10-23(21)32-3)16-26(31,19-7-5-4-6-8-19)17-29-24-13-18-11-12-28-15-22(18)30-24/h4-15,29-31H,16-17H2,1-3H3. The van der Waals surface area contributed by atoms with Crippen molar-refractivity contribution >= 4 is 16.7 Å². The summed E-state index contributed by atoms with van der Waals surface area (Å²) in [5.74, 6) is 1.06. The fourth-order valence-electron chi connectivity index (χ4n) is 4.36. The molecule has 2 aromatic carbocycles. The number of aromatic amines is 1.